The van der Waals surface area contributed by atoms with Crippen molar-refractivity contribution in [2.75, 3.05) is 17.6 Å². The van der Waals surface area contributed by atoms with Crippen molar-refractivity contribution in [3.8, 4) is 11.3 Å². The van der Waals surface area contributed by atoms with Crippen LogP contribution in [0.25, 0.3) is 17.3 Å². The van der Waals surface area contributed by atoms with Crippen LogP contribution in [0.3, 0.4) is 0 Å². The Morgan fingerprint density at radius 2 is 1.73 bits per heavy atom. The molecule has 0 bridgehead atoms. The number of benzene rings is 1. The van der Waals surface area contributed by atoms with Crippen LogP contribution in [0.2, 0.25) is 0 Å². The summed E-state index contributed by atoms with van der Waals surface area (Å²) in [5.74, 6) is -0.496. The summed E-state index contributed by atoms with van der Waals surface area (Å²) in [5.41, 5.74) is 2.16. The number of aliphatic hydroxyl groups is 2. The predicted octanol–water partition coefficient (Wildman–Crippen LogP) is 2.95. The maximum Gasteiger partial charge on any atom is 0.239 e. The zero-order valence-corrected chi connectivity index (χ0v) is 18.6. The fourth-order valence-electron chi connectivity index (χ4n) is 2.83. The SMILES string of the molecule is CC(C)c1nc(N(C)S(C)(=O)=O)nc(-c2ccc(F)cc2)c1/C=C/[C@@H](O)C[C@@H](C)O. The number of nitrogens with zero attached hydrogens (tertiary/aromatic N) is 3. The van der Waals surface area contributed by atoms with Gasteiger partial charge in [0.1, 0.15) is 5.82 Å². The minimum atomic E-state index is -3.59. The Bertz CT molecular complexity index is 1010. The zero-order valence-electron chi connectivity index (χ0n) is 17.7. The molecule has 1 heterocycles. The summed E-state index contributed by atoms with van der Waals surface area (Å²) in [4.78, 5) is 8.91. The van der Waals surface area contributed by atoms with Gasteiger partial charge >= 0.3 is 0 Å². The lowest BCUT2D eigenvalue weighted by Crippen LogP contribution is -2.27. The van der Waals surface area contributed by atoms with E-state index in [-0.39, 0.29) is 18.3 Å². The molecule has 0 spiro atoms. The van der Waals surface area contributed by atoms with Crippen molar-refractivity contribution in [2.45, 2.75) is 45.3 Å². The highest BCUT2D eigenvalue weighted by molar-refractivity contribution is 7.92. The molecule has 0 aliphatic rings. The van der Waals surface area contributed by atoms with E-state index in [4.69, 9.17) is 0 Å². The number of anilines is 1. The molecule has 0 radical (unpaired) electrons. The van der Waals surface area contributed by atoms with Gasteiger partial charge < -0.3 is 10.2 Å². The molecule has 0 aliphatic carbocycles. The van der Waals surface area contributed by atoms with Crippen molar-refractivity contribution in [1.82, 2.24) is 9.97 Å². The molecule has 2 aromatic rings. The molecule has 9 heteroatoms. The molecule has 1 aromatic carbocycles. The van der Waals surface area contributed by atoms with Gasteiger partial charge in [-0.3, -0.25) is 0 Å². The van der Waals surface area contributed by atoms with Gasteiger partial charge in [0.25, 0.3) is 0 Å². The summed E-state index contributed by atoms with van der Waals surface area (Å²) < 4.78 is 38.5. The Morgan fingerprint density at radius 3 is 2.23 bits per heavy atom. The van der Waals surface area contributed by atoms with Crippen molar-refractivity contribution < 1.29 is 23.0 Å². The van der Waals surface area contributed by atoms with Gasteiger partial charge in [-0.2, -0.15) is 0 Å². The molecular formula is C21H28FN3O4S. The Hall–Kier alpha value is -2.36. The molecule has 30 heavy (non-hydrogen) atoms. The summed E-state index contributed by atoms with van der Waals surface area (Å²) >= 11 is 0. The Kier molecular flexibility index (Phi) is 7.68. The van der Waals surface area contributed by atoms with Crippen LogP contribution in [0.5, 0.6) is 0 Å². The number of rotatable bonds is 8. The molecular weight excluding hydrogens is 409 g/mol. The molecule has 0 saturated heterocycles. The lowest BCUT2D eigenvalue weighted by Gasteiger charge is -2.20. The standard InChI is InChI=1S/C21H28FN3O4S/c1-13(2)19-18(11-10-17(27)12-14(3)26)20(15-6-8-16(22)9-7-15)24-21(23-19)25(4)30(5,28)29/h6-11,13-14,17,26-27H,12H2,1-5H3/b11-10+/t14-,17-/m1/s1. The highest BCUT2D eigenvalue weighted by Gasteiger charge is 2.22. The first-order valence-electron chi connectivity index (χ1n) is 9.56. The van der Waals surface area contributed by atoms with Crippen LogP contribution in [0.4, 0.5) is 10.3 Å². The van der Waals surface area contributed by atoms with Gasteiger partial charge in [-0.1, -0.05) is 26.0 Å². The largest absolute Gasteiger partial charge is 0.393 e. The molecule has 2 N–H and O–H groups in total. The van der Waals surface area contributed by atoms with Gasteiger partial charge in [0.15, 0.2) is 0 Å². The predicted molar refractivity (Wildman–Crippen MR) is 116 cm³/mol. The van der Waals surface area contributed by atoms with Crippen LogP contribution in [0.15, 0.2) is 30.3 Å². The molecule has 0 saturated carbocycles. The Morgan fingerprint density at radius 1 is 1.13 bits per heavy atom. The first kappa shape index (κ1) is 23.9. The monoisotopic (exact) mass is 437 g/mol. The van der Waals surface area contributed by atoms with Crippen LogP contribution >= 0.6 is 0 Å². The van der Waals surface area contributed by atoms with E-state index >= 15 is 0 Å². The third kappa shape index (κ3) is 6.07. The van der Waals surface area contributed by atoms with Crippen LogP contribution in [-0.4, -0.2) is 54.1 Å². The third-order valence-corrected chi connectivity index (χ3v) is 5.63. The molecule has 0 unspecified atom stereocenters. The lowest BCUT2D eigenvalue weighted by atomic mass is 9.97. The smallest absolute Gasteiger partial charge is 0.239 e. The minimum Gasteiger partial charge on any atom is -0.393 e. The van der Waals surface area contributed by atoms with E-state index in [0.717, 1.165) is 10.6 Å². The quantitative estimate of drug-likeness (QED) is 0.658. The Labute approximate surface area is 177 Å². The van der Waals surface area contributed by atoms with Crippen LogP contribution in [0, 0.1) is 5.82 Å². The lowest BCUT2D eigenvalue weighted by molar-refractivity contribution is 0.117. The van der Waals surface area contributed by atoms with Crippen LogP contribution in [-0.2, 0) is 10.0 Å². The maximum atomic E-state index is 13.5. The number of aromatic nitrogens is 2. The Balaban J connectivity index is 2.73. The van der Waals surface area contributed by atoms with Gasteiger partial charge in [-0.25, -0.2) is 27.1 Å². The average Bonchev–Trinajstić information content (AvgIpc) is 2.64. The van der Waals surface area contributed by atoms with E-state index in [1.807, 2.05) is 13.8 Å². The second-order valence-electron chi connectivity index (χ2n) is 7.57. The summed E-state index contributed by atoms with van der Waals surface area (Å²) in [7, 11) is -2.23. The fourth-order valence-corrected chi connectivity index (χ4v) is 3.21. The summed E-state index contributed by atoms with van der Waals surface area (Å²) in [6.45, 7) is 5.40. The van der Waals surface area contributed by atoms with E-state index < -0.39 is 28.0 Å². The van der Waals surface area contributed by atoms with E-state index in [0.29, 0.717) is 22.5 Å². The molecule has 2 rings (SSSR count). The second kappa shape index (κ2) is 9.63. The number of sulfonamides is 1. The van der Waals surface area contributed by atoms with Gasteiger partial charge in [-0.05, 0) is 37.1 Å². The van der Waals surface area contributed by atoms with E-state index in [1.54, 1.807) is 25.1 Å². The molecule has 0 amide bonds. The van der Waals surface area contributed by atoms with E-state index in [9.17, 15) is 23.0 Å². The van der Waals surface area contributed by atoms with Gasteiger partial charge in [-0.15, -0.1) is 0 Å². The van der Waals surface area contributed by atoms with Crippen molar-refractivity contribution >= 4 is 22.0 Å². The van der Waals surface area contributed by atoms with Crippen molar-refractivity contribution in [3.05, 3.63) is 47.4 Å². The van der Waals surface area contributed by atoms with E-state index in [2.05, 4.69) is 9.97 Å². The number of hydrogen-bond acceptors (Lipinski definition) is 6. The molecule has 2 atom stereocenters. The zero-order chi connectivity index (χ0) is 22.6. The molecule has 0 aliphatic heterocycles. The molecule has 7 nitrogen and oxygen atoms in total. The van der Waals surface area contributed by atoms with Crippen molar-refractivity contribution in [1.29, 1.82) is 0 Å². The van der Waals surface area contributed by atoms with Crippen LogP contribution < -0.4 is 4.31 Å². The molecule has 164 valence electrons. The normalized spacial score (nSPS) is 14.3. The minimum absolute atomic E-state index is 0.00204. The number of hydrogen-bond donors (Lipinski definition) is 2. The average molecular weight is 438 g/mol. The van der Waals surface area contributed by atoms with Gasteiger partial charge in [0.2, 0.25) is 16.0 Å². The van der Waals surface area contributed by atoms with E-state index in [1.165, 1.54) is 25.3 Å². The third-order valence-electron chi connectivity index (χ3n) is 4.47. The van der Waals surface area contributed by atoms with Crippen LogP contribution in [0.1, 0.15) is 44.4 Å². The van der Waals surface area contributed by atoms with Gasteiger partial charge in [0, 0.05) is 24.6 Å². The first-order chi connectivity index (χ1) is 13.9. The maximum absolute atomic E-state index is 13.5. The summed E-state index contributed by atoms with van der Waals surface area (Å²) in [5, 5.41) is 19.6. The molecule has 0 fully saturated rings. The molecule has 1 aromatic heterocycles. The summed E-state index contributed by atoms with van der Waals surface area (Å²) in [6, 6.07) is 5.69. The fraction of sp³-hybridized carbons (Fsp3) is 0.429. The van der Waals surface area contributed by atoms with Gasteiger partial charge in [0.05, 0.1) is 29.9 Å². The highest BCUT2D eigenvalue weighted by atomic mass is 32.2. The second-order valence-corrected chi connectivity index (χ2v) is 9.59. The van der Waals surface area contributed by atoms with Crippen molar-refractivity contribution in [3.63, 3.8) is 0 Å². The topological polar surface area (TPSA) is 104 Å². The highest BCUT2D eigenvalue weighted by Crippen LogP contribution is 2.31. The summed E-state index contributed by atoms with van der Waals surface area (Å²) in [6.07, 6.45) is 2.85. The number of halogens is 1. The van der Waals surface area contributed by atoms with Crippen molar-refractivity contribution in [2.24, 2.45) is 0 Å². The number of aliphatic hydroxyl groups excluding tert-OH is 2. The first-order valence-corrected chi connectivity index (χ1v) is 11.4.